The standard InChI is InChI=1S/C20H28N6O5S2/c1-14-5-6-16(12-18(14)33(28,29)25-7-10-30-11-8-25)21-19(27)15(2)32-20-22-23-24-26(20)13-17-4-3-9-31-17/h5-6,12,15,17H,3-4,7-11,13H2,1-2H3,(H,21,27)/t15-,17+/m0/s1. The minimum atomic E-state index is -3.67. The molecule has 0 bridgehead atoms. The number of benzene rings is 1. The summed E-state index contributed by atoms with van der Waals surface area (Å²) >= 11 is 1.24. The van der Waals surface area contributed by atoms with Crippen LogP contribution in [0.5, 0.6) is 0 Å². The van der Waals surface area contributed by atoms with Crippen molar-refractivity contribution in [1.82, 2.24) is 24.5 Å². The van der Waals surface area contributed by atoms with Crippen molar-refractivity contribution in [2.75, 3.05) is 38.2 Å². The zero-order valence-electron chi connectivity index (χ0n) is 18.6. The summed E-state index contributed by atoms with van der Waals surface area (Å²) in [6.07, 6.45) is 2.06. The maximum absolute atomic E-state index is 13.1. The van der Waals surface area contributed by atoms with Gasteiger partial charge in [-0.15, -0.1) is 5.10 Å². The molecule has 3 heterocycles. The minimum absolute atomic E-state index is 0.0800. The first-order valence-electron chi connectivity index (χ1n) is 10.9. The number of rotatable bonds is 8. The van der Waals surface area contributed by atoms with Crippen molar-refractivity contribution in [3.05, 3.63) is 23.8 Å². The molecule has 2 fully saturated rings. The number of morpholine rings is 1. The Morgan fingerprint density at radius 1 is 1.30 bits per heavy atom. The van der Waals surface area contributed by atoms with Crippen LogP contribution in [0.15, 0.2) is 28.3 Å². The molecule has 1 amide bonds. The van der Waals surface area contributed by atoms with Crippen LogP contribution in [-0.4, -0.2) is 83.1 Å². The number of carbonyl (C=O) groups is 1. The van der Waals surface area contributed by atoms with Gasteiger partial charge in [0.2, 0.25) is 21.1 Å². The molecular formula is C20H28N6O5S2. The number of anilines is 1. The van der Waals surface area contributed by atoms with Crippen LogP contribution in [0.25, 0.3) is 0 Å². The molecule has 33 heavy (non-hydrogen) atoms. The lowest BCUT2D eigenvalue weighted by molar-refractivity contribution is -0.115. The quantitative estimate of drug-likeness (QED) is 0.538. The minimum Gasteiger partial charge on any atom is -0.379 e. The number of nitrogens with one attached hydrogen (secondary N) is 1. The summed E-state index contributed by atoms with van der Waals surface area (Å²) in [5, 5.41) is 14.6. The van der Waals surface area contributed by atoms with Crippen molar-refractivity contribution in [3.8, 4) is 0 Å². The van der Waals surface area contributed by atoms with Gasteiger partial charge < -0.3 is 14.8 Å². The maximum atomic E-state index is 13.1. The zero-order valence-corrected chi connectivity index (χ0v) is 20.3. The van der Waals surface area contributed by atoms with E-state index in [1.807, 2.05) is 0 Å². The smallest absolute Gasteiger partial charge is 0.243 e. The van der Waals surface area contributed by atoms with Crippen LogP contribution in [0.2, 0.25) is 0 Å². The molecule has 4 rings (SSSR count). The molecular weight excluding hydrogens is 468 g/mol. The predicted octanol–water partition coefficient (Wildman–Crippen LogP) is 1.30. The number of sulfonamides is 1. The monoisotopic (exact) mass is 496 g/mol. The SMILES string of the molecule is Cc1ccc(NC(=O)[C@H](C)Sc2nnnn2C[C@H]2CCCO2)cc1S(=O)(=O)N1CCOCC1. The van der Waals surface area contributed by atoms with Gasteiger partial charge in [0.1, 0.15) is 0 Å². The molecule has 1 aromatic heterocycles. The second-order valence-corrected chi connectivity index (χ2v) is 11.2. The van der Waals surface area contributed by atoms with Crippen LogP contribution < -0.4 is 5.32 Å². The van der Waals surface area contributed by atoms with E-state index in [0.717, 1.165) is 19.4 Å². The lowest BCUT2D eigenvalue weighted by atomic mass is 10.2. The van der Waals surface area contributed by atoms with Gasteiger partial charge in [-0.25, -0.2) is 13.1 Å². The van der Waals surface area contributed by atoms with E-state index in [1.165, 1.54) is 22.1 Å². The van der Waals surface area contributed by atoms with E-state index in [4.69, 9.17) is 9.47 Å². The number of nitrogens with zero attached hydrogens (tertiary/aromatic N) is 5. The van der Waals surface area contributed by atoms with Crippen LogP contribution in [0.3, 0.4) is 0 Å². The number of aromatic nitrogens is 4. The molecule has 2 aliphatic rings. The van der Waals surface area contributed by atoms with Gasteiger partial charge in [-0.05, 0) is 54.8 Å². The second kappa shape index (κ2) is 10.5. The topological polar surface area (TPSA) is 129 Å². The number of tetrazole rings is 1. The van der Waals surface area contributed by atoms with Crippen LogP contribution in [0, 0.1) is 6.92 Å². The first-order valence-corrected chi connectivity index (χ1v) is 13.2. The van der Waals surface area contributed by atoms with E-state index in [1.54, 1.807) is 30.7 Å². The molecule has 11 nitrogen and oxygen atoms in total. The molecule has 13 heteroatoms. The number of ether oxygens (including phenoxy) is 2. The van der Waals surface area contributed by atoms with Gasteiger partial charge in [0, 0.05) is 25.4 Å². The lowest BCUT2D eigenvalue weighted by Gasteiger charge is -2.27. The van der Waals surface area contributed by atoms with E-state index >= 15 is 0 Å². The van der Waals surface area contributed by atoms with E-state index in [9.17, 15) is 13.2 Å². The Morgan fingerprint density at radius 3 is 2.82 bits per heavy atom. The van der Waals surface area contributed by atoms with Gasteiger partial charge in [0.15, 0.2) is 0 Å². The fraction of sp³-hybridized carbons (Fsp3) is 0.600. The highest BCUT2D eigenvalue weighted by Crippen LogP contribution is 2.26. The molecule has 2 aliphatic heterocycles. The summed E-state index contributed by atoms with van der Waals surface area (Å²) in [5.41, 5.74) is 1.04. The fourth-order valence-electron chi connectivity index (χ4n) is 3.71. The average Bonchev–Trinajstić information content (AvgIpc) is 3.48. The molecule has 0 aliphatic carbocycles. The highest BCUT2D eigenvalue weighted by atomic mass is 32.2. The van der Waals surface area contributed by atoms with Crippen LogP contribution in [0.4, 0.5) is 5.69 Å². The van der Waals surface area contributed by atoms with Gasteiger partial charge in [0.05, 0.1) is 36.0 Å². The Kier molecular flexibility index (Phi) is 7.64. The Labute approximate surface area is 197 Å². The molecule has 1 N–H and O–H groups in total. The number of carbonyl (C=O) groups excluding carboxylic acids is 1. The Morgan fingerprint density at radius 2 is 2.09 bits per heavy atom. The maximum Gasteiger partial charge on any atom is 0.243 e. The van der Waals surface area contributed by atoms with Crippen molar-refractivity contribution < 1.29 is 22.7 Å². The molecule has 2 atom stereocenters. The fourth-order valence-corrected chi connectivity index (χ4v) is 6.17. The third-order valence-electron chi connectivity index (χ3n) is 5.59. The molecule has 0 spiro atoms. The Balaban J connectivity index is 1.42. The molecule has 180 valence electrons. The molecule has 2 saturated heterocycles. The van der Waals surface area contributed by atoms with Gasteiger partial charge in [-0.2, -0.15) is 4.31 Å². The second-order valence-electron chi connectivity index (χ2n) is 8.02. The van der Waals surface area contributed by atoms with Gasteiger partial charge >= 0.3 is 0 Å². The van der Waals surface area contributed by atoms with E-state index in [-0.39, 0.29) is 16.9 Å². The third kappa shape index (κ3) is 5.72. The number of amides is 1. The molecule has 2 aromatic rings. The Bertz CT molecular complexity index is 1080. The summed E-state index contributed by atoms with van der Waals surface area (Å²) < 4.78 is 40.2. The summed E-state index contributed by atoms with van der Waals surface area (Å²) in [6, 6.07) is 4.91. The van der Waals surface area contributed by atoms with Crippen molar-refractivity contribution in [1.29, 1.82) is 0 Å². The van der Waals surface area contributed by atoms with Gasteiger partial charge in [-0.3, -0.25) is 4.79 Å². The summed E-state index contributed by atoms with van der Waals surface area (Å²) in [4.78, 5) is 13.0. The first-order chi connectivity index (χ1) is 15.8. The van der Waals surface area contributed by atoms with Crippen LogP contribution >= 0.6 is 11.8 Å². The van der Waals surface area contributed by atoms with Crippen molar-refractivity contribution in [2.45, 2.75) is 54.6 Å². The molecule has 0 radical (unpaired) electrons. The Hall–Kier alpha value is -2.06. The lowest BCUT2D eigenvalue weighted by Crippen LogP contribution is -2.40. The highest BCUT2D eigenvalue weighted by molar-refractivity contribution is 8.00. The van der Waals surface area contributed by atoms with E-state index in [2.05, 4.69) is 20.8 Å². The van der Waals surface area contributed by atoms with Crippen molar-refractivity contribution in [2.24, 2.45) is 0 Å². The molecule has 0 unspecified atom stereocenters. The molecule has 0 saturated carbocycles. The van der Waals surface area contributed by atoms with Gasteiger partial charge in [-0.1, -0.05) is 17.8 Å². The highest BCUT2D eigenvalue weighted by Gasteiger charge is 2.28. The van der Waals surface area contributed by atoms with Crippen molar-refractivity contribution >= 4 is 33.4 Å². The number of hydrogen-bond acceptors (Lipinski definition) is 9. The summed E-state index contributed by atoms with van der Waals surface area (Å²) in [5.74, 6) is -0.273. The predicted molar refractivity (Wildman–Crippen MR) is 121 cm³/mol. The normalized spacial score (nSPS) is 20.6. The van der Waals surface area contributed by atoms with Crippen LogP contribution in [-0.2, 0) is 30.8 Å². The summed E-state index contributed by atoms with van der Waals surface area (Å²) in [6.45, 7) is 6.15. The molecule has 1 aromatic carbocycles. The summed E-state index contributed by atoms with van der Waals surface area (Å²) in [7, 11) is -3.67. The first kappa shape index (κ1) is 24.1. The largest absolute Gasteiger partial charge is 0.379 e. The average molecular weight is 497 g/mol. The van der Waals surface area contributed by atoms with Crippen LogP contribution in [0.1, 0.15) is 25.3 Å². The zero-order chi connectivity index (χ0) is 23.4. The van der Waals surface area contributed by atoms with Crippen molar-refractivity contribution in [3.63, 3.8) is 0 Å². The van der Waals surface area contributed by atoms with E-state index in [0.29, 0.717) is 49.3 Å². The van der Waals surface area contributed by atoms with Gasteiger partial charge in [0.25, 0.3) is 0 Å². The number of hydrogen-bond donors (Lipinski definition) is 1. The number of aryl methyl sites for hydroxylation is 1. The third-order valence-corrected chi connectivity index (χ3v) is 8.71. The van der Waals surface area contributed by atoms with E-state index < -0.39 is 15.3 Å². The number of thioether (sulfide) groups is 1.